The fourth-order valence-corrected chi connectivity index (χ4v) is 3.84. The van der Waals surface area contributed by atoms with Crippen molar-refractivity contribution in [2.45, 2.75) is 50.5 Å². The van der Waals surface area contributed by atoms with E-state index in [1.54, 1.807) is 18.2 Å². The zero-order chi connectivity index (χ0) is 21.6. The first-order chi connectivity index (χ1) is 14.3. The average Bonchev–Trinajstić information content (AvgIpc) is 2.73. The Labute approximate surface area is 171 Å². The van der Waals surface area contributed by atoms with Crippen molar-refractivity contribution < 1.29 is 34.3 Å². The first-order valence-electron chi connectivity index (χ1n) is 9.78. The second-order valence-corrected chi connectivity index (χ2v) is 7.79. The van der Waals surface area contributed by atoms with E-state index in [1.807, 2.05) is 26.0 Å². The van der Waals surface area contributed by atoms with Gasteiger partial charge in [0.25, 0.3) is 0 Å². The molecule has 0 aliphatic carbocycles. The van der Waals surface area contributed by atoms with Crippen LogP contribution in [-0.4, -0.2) is 57.7 Å². The quantitative estimate of drug-likeness (QED) is 0.369. The van der Waals surface area contributed by atoms with Crippen LogP contribution in [0, 0.1) is 0 Å². The van der Waals surface area contributed by atoms with Crippen LogP contribution in [0.3, 0.4) is 0 Å². The molecule has 0 saturated carbocycles. The molecule has 1 aliphatic rings. The summed E-state index contributed by atoms with van der Waals surface area (Å²) in [5.74, 6) is 0.316. The van der Waals surface area contributed by atoms with Gasteiger partial charge >= 0.3 is 5.63 Å². The van der Waals surface area contributed by atoms with E-state index in [0.717, 1.165) is 16.3 Å². The van der Waals surface area contributed by atoms with Gasteiger partial charge in [0.2, 0.25) is 6.29 Å². The second-order valence-electron chi connectivity index (χ2n) is 7.79. The number of hydrogen-bond donors (Lipinski definition) is 4. The molecule has 0 bridgehead atoms. The van der Waals surface area contributed by atoms with Gasteiger partial charge in [-0.05, 0) is 23.6 Å². The number of benzene rings is 2. The highest BCUT2D eigenvalue weighted by Gasteiger charge is 2.44. The van der Waals surface area contributed by atoms with E-state index in [1.165, 1.54) is 6.07 Å². The minimum Gasteiger partial charge on any atom is -0.462 e. The van der Waals surface area contributed by atoms with Crippen LogP contribution >= 0.6 is 0 Å². The van der Waals surface area contributed by atoms with Crippen molar-refractivity contribution in [2.24, 2.45) is 0 Å². The van der Waals surface area contributed by atoms with Crippen LogP contribution < -0.4 is 10.4 Å². The van der Waals surface area contributed by atoms with Crippen LogP contribution in [0.4, 0.5) is 0 Å². The zero-order valence-electron chi connectivity index (χ0n) is 16.6. The van der Waals surface area contributed by atoms with E-state index in [9.17, 15) is 25.2 Å². The molecular formula is C22H24O8. The lowest BCUT2D eigenvalue weighted by molar-refractivity contribution is -0.277. The van der Waals surface area contributed by atoms with Gasteiger partial charge in [-0.3, -0.25) is 0 Å². The van der Waals surface area contributed by atoms with E-state index >= 15 is 0 Å². The van der Waals surface area contributed by atoms with E-state index in [-0.39, 0.29) is 11.7 Å². The molecule has 160 valence electrons. The van der Waals surface area contributed by atoms with Crippen molar-refractivity contribution >= 4 is 21.7 Å². The topological polar surface area (TPSA) is 130 Å². The zero-order valence-corrected chi connectivity index (χ0v) is 16.6. The van der Waals surface area contributed by atoms with Gasteiger partial charge in [-0.2, -0.15) is 0 Å². The maximum Gasteiger partial charge on any atom is 0.344 e. The fraction of sp³-hybridized carbons (Fsp3) is 0.409. The van der Waals surface area contributed by atoms with Crippen LogP contribution in [0.5, 0.6) is 5.75 Å². The van der Waals surface area contributed by atoms with Gasteiger partial charge in [0, 0.05) is 16.8 Å². The molecule has 4 N–H and O–H groups in total. The summed E-state index contributed by atoms with van der Waals surface area (Å²) in [7, 11) is 0. The van der Waals surface area contributed by atoms with Crippen LogP contribution in [0.25, 0.3) is 21.7 Å². The second kappa shape index (κ2) is 7.98. The standard InChI is InChI=1S/C22H24O8/c1-10(2)14-7-11(28-22-20(26)19(25)18(24)16(9-23)30-22)8-15-17(14)12-5-3-4-6-13(12)21(27)29-15/h3-8,10,16,18-20,22-26H,9H2,1-2H3/t16-,18-,19+,20-,22-/m1/s1. The number of rotatable bonds is 4. The summed E-state index contributed by atoms with van der Waals surface area (Å²) in [6.07, 6.45) is -6.97. The van der Waals surface area contributed by atoms with Crippen molar-refractivity contribution in [1.82, 2.24) is 0 Å². The van der Waals surface area contributed by atoms with Gasteiger partial charge in [-0.1, -0.05) is 32.0 Å². The molecule has 8 heteroatoms. The summed E-state index contributed by atoms with van der Waals surface area (Å²) in [4.78, 5) is 12.4. The summed E-state index contributed by atoms with van der Waals surface area (Å²) in [5.41, 5.74) is 0.717. The Morgan fingerprint density at radius 1 is 1.03 bits per heavy atom. The van der Waals surface area contributed by atoms with Crippen LogP contribution in [0.1, 0.15) is 25.3 Å². The predicted molar refractivity (Wildman–Crippen MR) is 108 cm³/mol. The Bertz CT molecular complexity index is 1120. The average molecular weight is 416 g/mol. The summed E-state index contributed by atoms with van der Waals surface area (Å²) < 4.78 is 16.7. The van der Waals surface area contributed by atoms with E-state index < -0.39 is 42.9 Å². The Balaban J connectivity index is 1.81. The molecule has 2 heterocycles. The van der Waals surface area contributed by atoms with Crippen LogP contribution in [0.2, 0.25) is 0 Å². The third-order valence-electron chi connectivity index (χ3n) is 5.45. The van der Waals surface area contributed by atoms with Crippen molar-refractivity contribution in [3.05, 3.63) is 52.4 Å². The van der Waals surface area contributed by atoms with Crippen LogP contribution in [0.15, 0.2) is 45.6 Å². The van der Waals surface area contributed by atoms with Crippen molar-refractivity contribution in [3.8, 4) is 5.75 Å². The molecule has 30 heavy (non-hydrogen) atoms. The molecule has 4 rings (SSSR count). The SMILES string of the molecule is CC(C)c1cc(O[C@@H]2O[C@H](CO)[C@@H](O)[C@H](O)[C@H]2O)cc2oc(=O)c3ccccc3c12. The first kappa shape index (κ1) is 20.8. The molecular weight excluding hydrogens is 392 g/mol. The summed E-state index contributed by atoms with van der Waals surface area (Å²) in [6.45, 7) is 3.43. The highest BCUT2D eigenvalue weighted by Crippen LogP contribution is 2.35. The Hall–Kier alpha value is -2.49. The van der Waals surface area contributed by atoms with Gasteiger partial charge in [-0.25, -0.2) is 4.79 Å². The molecule has 1 aliphatic heterocycles. The summed E-state index contributed by atoms with van der Waals surface area (Å²) in [5, 5.41) is 41.6. The predicted octanol–water partition coefficient (Wildman–Crippen LogP) is 1.25. The number of aliphatic hydroxyl groups is 4. The largest absolute Gasteiger partial charge is 0.462 e. The molecule has 1 saturated heterocycles. The summed E-state index contributed by atoms with van der Waals surface area (Å²) in [6, 6.07) is 10.5. The Kier molecular flexibility index (Phi) is 5.52. The van der Waals surface area contributed by atoms with Crippen molar-refractivity contribution in [2.75, 3.05) is 6.61 Å². The normalized spacial score (nSPS) is 27.1. The molecule has 1 aromatic heterocycles. The first-order valence-corrected chi connectivity index (χ1v) is 9.78. The number of hydrogen-bond acceptors (Lipinski definition) is 8. The van der Waals surface area contributed by atoms with Gasteiger partial charge in [0.1, 0.15) is 35.7 Å². The highest BCUT2D eigenvalue weighted by molar-refractivity contribution is 6.06. The molecule has 0 amide bonds. The smallest absolute Gasteiger partial charge is 0.344 e. The molecule has 0 radical (unpaired) electrons. The van der Waals surface area contributed by atoms with Gasteiger partial charge in [-0.15, -0.1) is 0 Å². The van der Waals surface area contributed by atoms with Crippen molar-refractivity contribution in [1.29, 1.82) is 0 Å². The lowest BCUT2D eigenvalue weighted by Gasteiger charge is -2.39. The monoisotopic (exact) mass is 416 g/mol. The van der Waals surface area contributed by atoms with E-state index in [0.29, 0.717) is 11.0 Å². The molecule has 8 nitrogen and oxygen atoms in total. The molecule has 5 atom stereocenters. The molecule has 0 unspecified atom stereocenters. The minimum atomic E-state index is -1.55. The Morgan fingerprint density at radius 3 is 2.40 bits per heavy atom. The molecule has 2 aromatic carbocycles. The number of ether oxygens (including phenoxy) is 2. The number of aliphatic hydroxyl groups excluding tert-OH is 4. The van der Waals surface area contributed by atoms with E-state index in [2.05, 4.69) is 0 Å². The minimum absolute atomic E-state index is 0.0574. The maximum absolute atomic E-state index is 12.4. The highest BCUT2D eigenvalue weighted by atomic mass is 16.7. The molecule has 3 aromatic rings. The van der Waals surface area contributed by atoms with Crippen LogP contribution in [-0.2, 0) is 4.74 Å². The number of fused-ring (bicyclic) bond motifs is 3. The maximum atomic E-state index is 12.4. The van der Waals surface area contributed by atoms with E-state index in [4.69, 9.17) is 13.9 Å². The molecule has 1 fully saturated rings. The molecule has 0 spiro atoms. The van der Waals surface area contributed by atoms with Crippen molar-refractivity contribution in [3.63, 3.8) is 0 Å². The third-order valence-corrected chi connectivity index (χ3v) is 5.45. The fourth-order valence-electron chi connectivity index (χ4n) is 3.84. The lowest BCUT2D eigenvalue weighted by Crippen LogP contribution is -2.60. The van der Waals surface area contributed by atoms with Gasteiger partial charge in [0.05, 0.1) is 12.0 Å². The van der Waals surface area contributed by atoms with Gasteiger partial charge in [0.15, 0.2) is 0 Å². The lowest BCUT2D eigenvalue weighted by atomic mass is 9.95. The summed E-state index contributed by atoms with van der Waals surface area (Å²) >= 11 is 0. The third kappa shape index (κ3) is 3.46. The Morgan fingerprint density at radius 2 is 1.73 bits per heavy atom. The van der Waals surface area contributed by atoms with Gasteiger partial charge < -0.3 is 34.3 Å².